The lowest BCUT2D eigenvalue weighted by molar-refractivity contribution is 0.0877. The Morgan fingerprint density at radius 2 is 1.79 bits per heavy atom. The highest BCUT2D eigenvalue weighted by molar-refractivity contribution is 5.45. The molecule has 1 aliphatic rings. The molecule has 2 aromatic carbocycles. The largest absolute Gasteiger partial charge is 0.508 e. The highest BCUT2D eigenvalue weighted by Gasteiger charge is 2.31. The van der Waals surface area contributed by atoms with Gasteiger partial charge in [-0.05, 0) is 12.1 Å². The fraction of sp³-hybridized carbons (Fsp3) is 0.200. The number of ether oxygens (including phenoxy) is 1. The molecule has 19 heavy (non-hydrogen) atoms. The van der Waals surface area contributed by atoms with Crippen molar-refractivity contribution in [2.75, 3.05) is 6.61 Å². The minimum Gasteiger partial charge on any atom is -0.508 e. The molecule has 98 valence electrons. The number of aliphatic hydroxyl groups excluding tert-OH is 1. The van der Waals surface area contributed by atoms with Crippen molar-refractivity contribution in [3.05, 3.63) is 53.6 Å². The number of para-hydroxylation sites is 1. The van der Waals surface area contributed by atoms with E-state index in [1.165, 1.54) is 12.1 Å². The summed E-state index contributed by atoms with van der Waals surface area (Å²) >= 11 is 0. The molecule has 0 saturated carbocycles. The van der Waals surface area contributed by atoms with E-state index in [4.69, 9.17) is 4.74 Å². The van der Waals surface area contributed by atoms with Crippen LogP contribution < -0.4 is 4.74 Å². The number of hydrogen-bond donors (Lipinski definition) is 3. The number of aromatic hydroxyl groups is 2. The summed E-state index contributed by atoms with van der Waals surface area (Å²) in [6.45, 7) is 0.288. The van der Waals surface area contributed by atoms with Crippen molar-refractivity contribution >= 4 is 0 Å². The predicted molar refractivity (Wildman–Crippen MR) is 69.4 cm³/mol. The van der Waals surface area contributed by atoms with E-state index in [0.717, 1.165) is 0 Å². The first-order valence-corrected chi connectivity index (χ1v) is 6.08. The number of phenolic OH excluding ortho intramolecular Hbond substituents is 2. The number of phenols is 2. The monoisotopic (exact) mass is 258 g/mol. The SMILES string of the molecule is Oc1ccc(C2COc3ccccc3C2O)c(O)c1. The summed E-state index contributed by atoms with van der Waals surface area (Å²) in [6.07, 6.45) is -0.736. The van der Waals surface area contributed by atoms with Crippen LogP contribution in [0.4, 0.5) is 0 Å². The van der Waals surface area contributed by atoms with Gasteiger partial charge in [0.2, 0.25) is 0 Å². The Hall–Kier alpha value is -2.20. The molecule has 4 nitrogen and oxygen atoms in total. The molecule has 3 N–H and O–H groups in total. The number of fused-ring (bicyclic) bond motifs is 1. The second kappa shape index (κ2) is 4.48. The van der Waals surface area contributed by atoms with Crippen LogP contribution in [-0.2, 0) is 0 Å². The average molecular weight is 258 g/mol. The minimum absolute atomic E-state index is 0.00660. The van der Waals surface area contributed by atoms with E-state index in [0.29, 0.717) is 16.9 Å². The third-order valence-corrected chi connectivity index (χ3v) is 3.45. The van der Waals surface area contributed by atoms with Gasteiger partial charge in [0.25, 0.3) is 0 Å². The summed E-state index contributed by atoms with van der Waals surface area (Å²) < 4.78 is 5.61. The van der Waals surface area contributed by atoms with Gasteiger partial charge in [-0.1, -0.05) is 24.3 Å². The summed E-state index contributed by atoms with van der Waals surface area (Å²) in [5.41, 5.74) is 1.28. The predicted octanol–water partition coefficient (Wildman–Crippen LogP) is 2.31. The second-order valence-corrected chi connectivity index (χ2v) is 4.64. The van der Waals surface area contributed by atoms with E-state index in [2.05, 4.69) is 0 Å². The summed E-state index contributed by atoms with van der Waals surface area (Å²) in [7, 11) is 0. The van der Waals surface area contributed by atoms with Crippen molar-refractivity contribution in [3.8, 4) is 17.2 Å². The molecular weight excluding hydrogens is 244 g/mol. The third-order valence-electron chi connectivity index (χ3n) is 3.45. The summed E-state index contributed by atoms with van der Waals surface area (Å²) in [4.78, 5) is 0. The Morgan fingerprint density at radius 1 is 1.00 bits per heavy atom. The maximum atomic E-state index is 10.4. The van der Waals surface area contributed by atoms with Crippen LogP contribution >= 0.6 is 0 Å². The highest BCUT2D eigenvalue weighted by atomic mass is 16.5. The number of benzene rings is 2. The van der Waals surface area contributed by atoms with Gasteiger partial charge in [-0.25, -0.2) is 0 Å². The van der Waals surface area contributed by atoms with Crippen LogP contribution in [0.2, 0.25) is 0 Å². The molecule has 1 aliphatic heterocycles. The van der Waals surface area contributed by atoms with Crippen LogP contribution in [0.3, 0.4) is 0 Å². The van der Waals surface area contributed by atoms with Crippen molar-refractivity contribution in [1.29, 1.82) is 0 Å². The molecule has 2 aromatic rings. The van der Waals surface area contributed by atoms with Gasteiger partial charge in [0.15, 0.2) is 0 Å². The maximum Gasteiger partial charge on any atom is 0.125 e. The lowest BCUT2D eigenvalue weighted by Gasteiger charge is -2.30. The van der Waals surface area contributed by atoms with Gasteiger partial charge in [0.1, 0.15) is 17.2 Å². The number of aliphatic hydroxyl groups is 1. The smallest absolute Gasteiger partial charge is 0.125 e. The molecule has 2 atom stereocenters. The average Bonchev–Trinajstić information content (AvgIpc) is 2.41. The fourth-order valence-corrected chi connectivity index (χ4v) is 2.45. The Balaban J connectivity index is 2.00. The summed E-state index contributed by atoms with van der Waals surface area (Å²) in [5.74, 6) is 0.278. The van der Waals surface area contributed by atoms with Gasteiger partial charge in [-0.2, -0.15) is 0 Å². The van der Waals surface area contributed by atoms with Crippen LogP contribution in [0.1, 0.15) is 23.1 Å². The molecule has 4 heteroatoms. The molecule has 0 aliphatic carbocycles. The van der Waals surface area contributed by atoms with E-state index < -0.39 is 6.10 Å². The Bertz CT molecular complexity index is 609. The van der Waals surface area contributed by atoms with E-state index >= 15 is 0 Å². The van der Waals surface area contributed by atoms with E-state index in [9.17, 15) is 15.3 Å². The van der Waals surface area contributed by atoms with Crippen LogP contribution in [0.25, 0.3) is 0 Å². The molecule has 2 unspecified atom stereocenters. The molecule has 0 aromatic heterocycles. The zero-order chi connectivity index (χ0) is 13.4. The minimum atomic E-state index is -0.736. The van der Waals surface area contributed by atoms with Crippen molar-refractivity contribution in [2.45, 2.75) is 12.0 Å². The molecule has 3 rings (SSSR count). The van der Waals surface area contributed by atoms with Gasteiger partial charge in [-0.15, -0.1) is 0 Å². The fourth-order valence-electron chi connectivity index (χ4n) is 2.45. The topological polar surface area (TPSA) is 69.9 Å². The van der Waals surface area contributed by atoms with E-state index in [1.807, 2.05) is 24.3 Å². The van der Waals surface area contributed by atoms with Gasteiger partial charge >= 0.3 is 0 Å². The van der Waals surface area contributed by atoms with Crippen LogP contribution in [-0.4, -0.2) is 21.9 Å². The quantitative estimate of drug-likeness (QED) is 0.734. The molecule has 0 bridgehead atoms. The van der Waals surface area contributed by atoms with E-state index in [-0.39, 0.29) is 24.0 Å². The zero-order valence-corrected chi connectivity index (χ0v) is 10.2. The third kappa shape index (κ3) is 2.00. The summed E-state index contributed by atoms with van der Waals surface area (Å²) in [6, 6.07) is 11.7. The zero-order valence-electron chi connectivity index (χ0n) is 10.2. The summed E-state index contributed by atoms with van der Waals surface area (Å²) in [5, 5.41) is 29.6. The molecule has 0 spiro atoms. The molecule has 0 fully saturated rings. The van der Waals surface area contributed by atoms with Gasteiger partial charge in [0.05, 0.1) is 18.6 Å². The first kappa shape index (κ1) is 11.9. The van der Waals surface area contributed by atoms with Gasteiger partial charge < -0.3 is 20.1 Å². The van der Waals surface area contributed by atoms with Crippen molar-refractivity contribution < 1.29 is 20.1 Å². The molecule has 1 heterocycles. The Morgan fingerprint density at radius 3 is 2.58 bits per heavy atom. The van der Waals surface area contributed by atoms with Gasteiger partial charge in [-0.3, -0.25) is 0 Å². The number of hydrogen-bond acceptors (Lipinski definition) is 4. The molecule has 0 saturated heterocycles. The lowest BCUT2D eigenvalue weighted by Crippen LogP contribution is -2.24. The van der Waals surface area contributed by atoms with E-state index in [1.54, 1.807) is 6.07 Å². The standard InChI is InChI=1S/C15H14O4/c16-9-5-6-10(13(17)7-9)12-8-19-14-4-2-1-3-11(14)15(12)18/h1-7,12,15-18H,8H2. The first-order chi connectivity index (χ1) is 9.16. The number of rotatable bonds is 1. The molecule has 0 radical (unpaired) electrons. The lowest BCUT2D eigenvalue weighted by atomic mass is 9.87. The van der Waals surface area contributed by atoms with Crippen molar-refractivity contribution in [1.82, 2.24) is 0 Å². The Labute approximate surface area is 110 Å². The second-order valence-electron chi connectivity index (χ2n) is 4.64. The Kier molecular flexibility index (Phi) is 2.80. The molecular formula is C15H14O4. The normalized spacial score (nSPS) is 21.5. The molecule has 0 amide bonds. The highest BCUT2D eigenvalue weighted by Crippen LogP contribution is 2.43. The first-order valence-electron chi connectivity index (χ1n) is 6.08. The van der Waals surface area contributed by atoms with Crippen LogP contribution in [0.15, 0.2) is 42.5 Å². The van der Waals surface area contributed by atoms with Crippen molar-refractivity contribution in [3.63, 3.8) is 0 Å². The van der Waals surface area contributed by atoms with Gasteiger partial charge in [0, 0.05) is 17.2 Å². The van der Waals surface area contributed by atoms with Crippen LogP contribution in [0.5, 0.6) is 17.2 Å². The van der Waals surface area contributed by atoms with Crippen molar-refractivity contribution in [2.24, 2.45) is 0 Å². The van der Waals surface area contributed by atoms with Crippen LogP contribution in [0, 0.1) is 0 Å². The maximum absolute atomic E-state index is 10.4.